The van der Waals surface area contributed by atoms with Gasteiger partial charge in [-0.3, -0.25) is 9.55 Å². The SMILES string of the molecule is [2H]C([2H])([2H])c1ccc(-n2c(-c3ccccc3O)nc3c(-c4[c-]c(-c5ccccn5)cc5c4-c4ccccc4C5(C)C)cccc32)c(-c2ccccc2)c1.[Pt]. The summed E-state index contributed by atoms with van der Waals surface area (Å²) in [6.45, 7) is 2.23. The Morgan fingerprint density at radius 1 is 0.706 bits per heavy atom. The van der Waals surface area contributed by atoms with Gasteiger partial charge in [0.05, 0.1) is 22.3 Å². The fourth-order valence-electron chi connectivity index (χ4n) is 7.58. The summed E-state index contributed by atoms with van der Waals surface area (Å²) in [6.07, 6.45) is 1.80. The maximum atomic E-state index is 11.3. The van der Waals surface area contributed by atoms with Crippen LogP contribution in [0.1, 0.15) is 34.7 Å². The third-order valence-electron chi connectivity index (χ3n) is 9.97. The number of hydrogen-bond donors (Lipinski definition) is 1. The molecule has 0 radical (unpaired) electrons. The number of benzene rings is 6. The first kappa shape index (κ1) is 29.2. The van der Waals surface area contributed by atoms with Gasteiger partial charge >= 0.3 is 0 Å². The van der Waals surface area contributed by atoms with Crippen molar-refractivity contribution in [2.24, 2.45) is 0 Å². The molecule has 5 heteroatoms. The third-order valence-corrected chi connectivity index (χ3v) is 9.97. The van der Waals surface area contributed by atoms with Crippen molar-refractivity contribution in [3.8, 4) is 67.5 Å². The molecule has 0 amide bonds. The minimum absolute atomic E-state index is 0. The zero-order chi connectivity index (χ0) is 36.5. The van der Waals surface area contributed by atoms with Crippen LogP contribution in [0.3, 0.4) is 0 Å². The molecule has 0 atom stereocenters. The zero-order valence-corrected chi connectivity index (χ0v) is 30.2. The van der Waals surface area contributed by atoms with Gasteiger partial charge in [0.2, 0.25) is 0 Å². The second-order valence-corrected chi connectivity index (χ2v) is 13.3. The molecule has 6 aromatic carbocycles. The van der Waals surface area contributed by atoms with Gasteiger partial charge in [-0.05, 0) is 59.9 Å². The van der Waals surface area contributed by atoms with Crippen molar-refractivity contribution in [3.63, 3.8) is 0 Å². The molecule has 0 unspecified atom stereocenters. The van der Waals surface area contributed by atoms with Crippen molar-refractivity contribution in [2.45, 2.75) is 26.1 Å². The number of pyridine rings is 1. The van der Waals surface area contributed by atoms with E-state index in [1.54, 1.807) is 30.5 Å². The Balaban J connectivity index is 0.00000413. The third kappa shape index (κ3) is 5.25. The van der Waals surface area contributed by atoms with Crippen LogP contribution in [-0.2, 0) is 26.5 Å². The van der Waals surface area contributed by atoms with Gasteiger partial charge in [-0.2, -0.15) is 0 Å². The van der Waals surface area contributed by atoms with Gasteiger partial charge < -0.3 is 5.11 Å². The summed E-state index contributed by atoms with van der Waals surface area (Å²) in [5.41, 5.74) is 12.6. The van der Waals surface area contributed by atoms with Crippen molar-refractivity contribution >= 4 is 11.0 Å². The number of aromatic hydroxyl groups is 1. The average Bonchev–Trinajstić information content (AvgIpc) is 3.67. The molecule has 2 aromatic heterocycles. The summed E-state index contributed by atoms with van der Waals surface area (Å²) in [5.74, 6) is 0.619. The topological polar surface area (TPSA) is 50.9 Å². The summed E-state index contributed by atoms with van der Waals surface area (Å²) in [7, 11) is 0. The quantitative estimate of drug-likeness (QED) is 0.176. The number of aromatic nitrogens is 3. The van der Waals surface area contributed by atoms with E-state index in [1.165, 1.54) is 11.1 Å². The number of hydrogen-bond acceptors (Lipinski definition) is 3. The Morgan fingerprint density at radius 2 is 1.45 bits per heavy atom. The Morgan fingerprint density at radius 3 is 2.24 bits per heavy atom. The number of fused-ring (bicyclic) bond motifs is 4. The summed E-state index contributed by atoms with van der Waals surface area (Å²) in [6, 6.07) is 48.9. The number of phenols is 1. The number of imidazole rings is 1. The number of nitrogens with zero attached hydrogens (tertiary/aromatic N) is 3. The Labute approximate surface area is 316 Å². The molecular weight excluding hydrogens is 806 g/mol. The number of phenolic OH excluding ortho intramolecular Hbond substituents is 1. The molecule has 9 rings (SSSR count). The van der Waals surface area contributed by atoms with Gasteiger partial charge in [0.15, 0.2) is 0 Å². The molecule has 0 bridgehead atoms. The van der Waals surface area contributed by atoms with Crippen molar-refractivity contribution in [1.82, 2.24) is 14.5 Å². The standard InChI is InChI=1S/C46H34N3O.Pt/c1-29-23-24-40(35(26-29)30-14-5-4-6-15-30)49-41-21-13-18-32(44(41)48-45(49)34-17-8-10-22-42(34)50)36-27-31(39-20-11-12-25-47-39)28-38-43(36)33-16-7-9-19-37(33)46(38,2)3;/h4-26,28,50H,1-3H3;/q-1;/i1D3;. The average molecular weight is 843 g/mol. The van der Waals surface area contributed by atoms with Gasteiger partial charge in [-0.15, -0.1) is 17.7 Å². The van der Waals surface area contributed by atoms with Crippen LogP contribution in [0.2, 0.25) is 0 Å². The molecule has 1 N–H and O–H groups in total. The van der Waals surface area contributed by atoms with Gasteiger partial charge in [0.25, 0.3) is 0 Å². The molecule has 0 aliphatic heterocycles. The molecule has 8 aromatic rings. The first-order chi connectivity index (χ1) is 25.6. The van der Waals surface area contributed by atoms with Crippen molar-refractivity contribution in [3.05, 3.63) is 168 Å². The smallest absolute Gasteiger partial charge is 0.148 e. The molecule has 1 aliphatic rings. The first-order valence-electron chi connectivity index (χ1n) is 18.2. The Bertz CT molecular complexity index is 2700. The van der Waals surface area contributed by atoms with Gasteiger partial charge in [0, 0.05) is 48.0 Å². The van der Waals surface area contributed by atoms with Gasteiger partial charge in [-0.25, -0.2) is 4.98 Å². The second kappa shape index (κ2) is 12.6. The van der Waals surface area contributed by atoms with Crippen LogP contribution in [0.4, 0.5) is 0 Å². The Hall–Kier alpha value is -5.57. The summed E-state index contributed by atoms with van der Waals surface area (Å²) in [5, 5.41) is 11.3. The molecule has 4 nitrogen and oxygen atoms in total. The van der Waals surface area contributed by atoms with Crippen molar-refractivity contribution < 1.29 is 30.3 Å². The van der Waals surface area contributed by atoms with E-state index in [9.17, 15) is 5.11 Å². The Kier molecular flexibility index (Phi) is 7.23. The predicted molar refractivity (Wildman–Crippen MR) is 203 cm³/mol. The zero-order valence-electron chi connectivity index (χ0n) is 31.0. The van der Waals surface area contributed by atoms with Crippen LogP contribution < -0.4 is 0 Å². The molecule has 0 spiro atoms. The van der Waals surface area contributed by atoms with E-state index in [0.29, 0.717) is 11.4 Å². The largest absolute Gasteiger partial charge is 0.507 e. The van der Waals surface area contributed by atoms with E-state index >= 15 is 0 Å². The van der Waals surface area contributed by atoms with E-state index in [2.05, 4.69) is 56.3 Å². The molecule has 51 heavy (non-hydrogen) atoms. The fourth-order valence-corrected chi connectivity index (χ4v) is 7.58. The number of para-hydroxylation sites is 2. The van der Waals surface area contributed by atoms with Crippen LogP contribution in [0, 0.1) is 12.9 Å². The molecule has 0 saturated heterocycles. The molecule has 2 heterocycles. The predicted octanol–water partition coefficient (Wildman–Crippen LogP) is 11.2. The first-order valence-corrected chi connectivity index (χ1v) is 16.7. The maximum absolute atomic E-state index is 11.3. The maximum Gasteiger partial charge on any atom is 0.148 e. The minimum atomic E-state index is -2.30. The van der Waals surface area contributed by atoms with E-state index in [1.807, 2.05) is 83.4 Å². The van der Waals surface area contributed by atoms with Crippen LogP contribution in [-0.4, -0.2) is 19.6 Å². The van der Waals surface area contributed by atoms with E-state index in [0.717, 1.165) is 61.4 Å². The summed E-state index contributed by atoms with van der Waals surface area (Å²) in [4.78, 5) is 10.1. The summed E-state index contributed by atoms with van der Waals surface area (Å²) < 4.78 is 26.7. The normalized spacial score (nSPS) is 13.8. The van der Waals surface area contributed by atoms with E-state index in [-0.39, 0.29) is 37.8 Å². The van der Waals surface area contributed by atoms with Crippen LogP contribution in [0.5, 0.6) is 5.75 Å². The van der Waals surface area contributed by atoms with Gasteiger partial charge in [0.1, 0.15) is 11.6 Å². The molecule has 0 fully saturated rings. The molecule has 0 saturated carbocycles. The van der Waals surface area contributed by atoms with Crippen molar-refractivity contribution in [1.29, 1.82) is 0 Å². The monoisotopic (exact) mass is 842 g/mol. The molecule has 1 aliphatic carbocycles. The minimum Gasteiger partial charge on any atom is -0.507 e. The second-order valence-electron chi connectivity index (χ2n) is 13.3. The van der Waals surface area contributed by atoms with Crippen molar-refractivity contribution in [2.75, 3.05) is 0 Å². The van der Waals surface area contributed by atoms with E-state index < -0.39 is 6.85 Å². The van der Waals surface area contributed by atoms with Crippen LogP contribution >= 0.6 is 0 Å². The molecule has 250 valence electrons. The number of aryl methyl sites for hydroxylation is 1. The van der Waals surface area contributed by atoms with Crippen LogP contribution in [0.25, 0.3) is 72.7 Å². The number of rotatable bonds is 5. The summed E-state index contributed by atoms with van der Waals surface area (Å²) >= 11 is 0. The van der Waals surface area contributed by atoms with Crippen LogP contribution in [0.15, 0.2) is 146 Å². The van der Waals surface area contributed by atoms with E-state index in [4.69, 9.17) is 14.1 Å². The fraction of sp³-hybridized carbons (Fsp3) is 0.0870. The molecular formula is C46H34N3OPt-. The van der Waals surface area contributed by atoms with Gasteiger partial charge in [-0.1, -0.05) is 139 Å².